The Labute approximate surface area is 145 Å². The zero-order chi connectivity index (χ0) is 16.9. The van der Waals surface area contributed by atoms with E-state index in [1.54, 1.807) is 31.2 Å². The lowest BCUT2D eigenvalue weighted by atomic mass is 9.84. The highest BCUT2D eigenvalue weighted by molar-refractivity contribution is 5.34. The van der Waals surface area contributed by atoms with Gasteiger partial charge in [0.25, 0.3) is 0 Å². The van der Waals surface area contributed by atoms with Crippen molar-refractivity contribution >= 4 is 0 Å². The minimum absolute atomic E-state index is 0.0201. The fourth-order valence-corrected chi connectivity index (χ4v) is 3.08. The average Bonchev–Trinajstić information content (AvgIpc) is 3.22. The van der Waals surface area contributed by atoms with Crippen LogP contribution in [0.4, 0.5) is 0 Å². The molecule has 0 aliphatic carbocycles. The average molecular weight is 328 g/mol. The van der Waals surface area contributed by atoms with Gasteiger partial charge in [-0.05, 0) is 35.4 Å². The Hall–Kier alpha value is -3.41. The topological polar surface area (TPSA) is 69.4 Å². The third-order valence-electron chi connectivity index (χ3n) is 4.15. The van der Waals surface area contributed by atoms with Gasteiger partial charge in [-0.25, -0.2) is 0 Å². The molecule has 0 saturated carbocycles. The molecule has 25 heavy (non-hydrogen) atoms. The lowest BCUT2D eigenvalue weighted by molar-refractivity contribution is 0.506. The quantitative estimate of drug-likeness (QED) is 0.563. The van der Waals surface area contributed by atoms with Gasteiger partial charge >= 0.3 is 0 Å². The Balaban J connectivity index is 1.91. The summed E-state index contributed by atoms with van der Waals surface area (Å²) >= 11 is 0. The molecule has 0 aromatic carbocycles. The van der Waals surface area contributed by atoms with Gasteiger partial charge in [0.15, 0.2) is 0 Å². The van der Waals surface area contributed by atoms with Gasteiger partial charge in [0.2, 0.25) is 0 Å². The van der Waals surface area contributed by atoms with Crippen LogP contribution in [0, 0.1) is 0 Å². The molecule has 4 rings (SSSR count). The summed E-state index contributed by atoms with van der Waals surface area (Å²) in [6.45, 7) is 0. The van der Waals surface area contributed by atoms with E-state index < -0.39 is 0 Å². The van der Waals surface area contributed by atoms with E-state index in [4.69, 9.17) is 0 Å². The van der Waals surface area contributed by atoms with Crippen LogP contribution in [0.2, 0.25) is 0 Å². The molecule has 0 saturated heterocycles. The van der Waals surface area contributed by atoms with E-state index in [0.29, 0.717) is 0 Å². The summed E-state index contributed by atoms with van der Waals surface area (Å²) in [5.74, 6) is -0.0201. The van der Waals surface area contributed by atoms with Crippen LogP contribution in [0.25, 0.3) is 0 Å². The van der Waals surface area contributed by atoms with E-state index >= 15 is 0 Å². The van der Waals surface area contributed by atoms with Crippen LogP contribution in [0.1, 0.15) is 28.8 Å². The first-order valence-electron chi connectivity index (χ1n) is 7.98. The molecule has 6 heteroatoms. The third-order valence-corrected chi connectivity index (χ3v) is 4.15. The molecule has 1 unspecified atom stereocenters. The summed E-state index contributed by atoms with van der Waals surface area (Å²) in [5, 5.41) is 7.98. The van der Waals surface area contributed by atoms with Crippen LogP contribution in [0.5, 0.6) is 0 Å². The second-order valence-electron chi connectivity index (χ2n) is 5.66. The zero-order valence-corrected chi connectivity index (χ0v) is 13.4. The Morgan fingerprint density at radius 2 is 1.40 bits per heavy atom. The Morgan fingerprint density at radius 1 is 0.720 bits per heavy atom. The van der Waals surface area contributed by atoms with Crippen molar-refractivity contribution < 1.29 is 0 Å². The number of pyridine rings is 3. The minimum Gasteiger partial charge on any atom is -0.310 e. The SMILES string of the molecule is c1ccc(C(C(c2cccnc2)c2cccnc2)n2cnnc2)nc1. The predicted octanol–water partition coefficient (Wildman–Crippen LogP) is 2.88. The summed E-state index contributed by atoms with van der Waals surface area (Å²) < 4.78 is 1.98. The van der Waals surface area contributed by atoms with Crippen molar-refractivity contribution in [2.45, 2.75) is 12.0 Å². The highest BCUT2D eigenvalue weighted by Crippen LogP contribution is 2.37. The van der Waals surface area contributed by atoms with Gasteiger partial charge < -0.3 is 4.57 Å². The molecule has 4 heterocycles. The maximum Gasteiger partial charge on any atom is 0.119 e. The molecule has 0 fully saturated rings. The van der Waals surface area contributed by atoms with E-state index in [0.717, 1.165) is 16.8 Å². The van der Waals surface area contributed by atoms with Crippen molar-refractivity contribution in [3.63, 3.8) is 0 Å². The largest absolute Gasteiger partial charge is 0.310 e. The van der Waals surface area contributed by atoms with Crippen LogP contribution in [-0.4, -0.2) is 29.7 Å². The highest BCUT2D eigenvalue weighted by Gasteiger charge is 2.29. The molecule has 4 aromatic heterocycles. The molecule has 0 bridgehead atoms. The van der Waals surface area contributed by atoms with Crippen LogP contribution < -0.4 is 0 Å². The molecule has 0 N–H and O–H groups in total. The summed E-state index contributed by atoms with van der Waals surface area (Å²) in [7, 11) is 0. The lowest BCUT2D eigenvalue weighted by Gasteiger charge is -2.28. The molecule has 0 amide bonds. The first kappa shape index (κ1) is 15.1. The molecule has 6 nitrogen and oxygen atoms in total. The maximum absolute atomic E-state index is 4.59. The molecular formula is C19H16N6. The number of nitrogens with zero attached hydrogens (tertiary/aromatic N) is 6. The van der Waals surface area contributed by atoms with E-state index in [-0.39, 0.29) is 12.0 Å². The molecule has 0 spiro atoms. The highest BCUT2D eigenvalue weighted by atomic mass is 15.2. The van der Waals surface area contributed by atoms with Crippen LogP contribution >= 0.6 is 0 Å². The van der Waals surface area contributed by atoms with Crippen molar-refractivity contribution in [2.75, 3.05) is 0 Å². The Kier molecular flexibility index (Phi) is 4.24. The molecule has 0 aliphatic heterocycles. The monoisotopic (exact) mass is 328 g/mol. The van der Waals surface area contributed by atoms with Gasteiger partial charge in [-0.15, -0.1) is 10.2 Å². The standard InChI is InChI=1S/C19H16N6/c1-2-10-22-17(7-1)19(25-13-23-24-14-25)18(15-5-3-8-20-11-15)16-6-4-9-21-12-16/h1-14,18-19H. The lowest BCUT2D eigenvalue weighted by Crippen LogP contribution is -2.21. The molecule has 4 aromatic rings. The second-order valence-corrected chi connectivity index (χ2v) is 5.66. The van der Waals surface area contributed by atoms with Crippen molar-refractivity contribution in [3.8, 4) is 0 Å². The van der Waals surface area contributed by atoms with Crippen molar-refractivity contribution in [1.29, 1.82) is 0 Å². The number of aromatic nitrogens is 6. The zero-order valence-electron chi connectivity index (χ0n) is 13.4. The van der Waals surface area contributed by atoms with E-state index in [1.165, 1.54) is 0 Å². The van der Waals surface area contributed by atoms with Crippen LogP contribution in [-0.2, 0) is 0 Å². The summed E-state index contributed by atoms with van der Waals surface area (Å²) in [6.07, 6.45) is 12.6. The maximum atomic E-state index is 4.59. The second kappa shape index (κ2) is 7.00. The van der Waals surface area contributed by atoms with Crippen molar-refractivity contribution in [3.05, 3.63) is 103 Å². The first-order chi connectivity index (χ1) is 12.4. The van der Waals surface area contributed by atoms with Gasteiger partial charge in [-0.1, -0.05) is 18.2 Å². The molecule has 122 valence electrons. The fraction of sp³-hybridized carbons (Fsp3) is 0.105. The molecule has 0 aliphatic rings. The van der Waals surface area contributed by atoms with Crippen molar-refractivity contribution in [2.24, 2.45) is 0 Å². The molecular weight excluding hydrogens is 312 g/mol. The third kappa shape index (κ3) is 3.14. The van der Waals surface area contributed by atoms with Crippen molar-refractivity contribution in [1.82, 2.24) is 29.7 Å². The van der Waals surface area contributed by atoms with Crippen LogP contribution in [0.3, 0.4) is 0 Å². The summed E-state index contributed by atoms with van der Waals surface area (Å²) in [4.78, 5) is 13.2. The van der Waals surface area contributed by atoms with Gasteiger partial charge in [0, 0.05) is 36.9 Å². The van der Waals surface area contributed by atoms with Gasteiger partial charge in [-0.2, -0.15) is 0 Å². The Morgan fingerprint density at radius 3 is 1.92 bits per heavy atom. The fourth-order valence-electron chi connectivity index (χ4n) is 3.08. The molecule has 1 atom stereocenters. The first-order valence-corrected chi connectivity index (χ1v) is 7.98. The smallest absolute Gasteiger partial charge is 0.119 e. The van der Waals surface area contributed by atoms with Gasteiger partial charge in [-0.3, -0.25) is 15.0 Å². The molecule has 0 radical (unpaired) electrons. The van der Waals surface area contributed by atoms with Gasteiger partial charge in [0.1, 0.15) is 12.7 Å². The summed E-state index contributed by atoms with van der Waals surface area (Å²) in [6, 6.07) is 13.9. The summed E-state index contributed by atoms with van der Waals surface area (Å²) in [5.41, 5.74) is 3.10. The van der Waals surface area contributed by atoms with E-state index in [2.05, 4.69) is 37.3 Å². The van der Waals surface area contributed by atoms with Crippen LogP contribution in [0.15, 0.2) is 86.1 Å². The normalized spacial score (nSPS) is 12.2. The Bertz CT molecular complexity index is 855. The van der Waals surface area contributed by atoms with E-state index in [1.807, 2.05) is 47.3 Å². The number of rotatable bonds is 5. The van der Waals surface area contributed by atoms with Gasteiger partial charge in [0.05, 0.1) is 11.7 Å². The predicted molar refractivity (Wildman–Crippen MR) is 92.7 cm³/mol. The number of hydrogen-bond donors (Lipinski definition) is 0. The minimum atomic E-state index is -0.107. The number of hydrogen-bond acceptors (Lipinski definition) is 5. The van der Waals surface area contributed by atoms with E-state index in [9.17, 15) is 0 Å².